The number of thioether (sulfide) groups is 1. The maximum absolute atomic E-state index is 13.3. The van der Waals surface area contributed by atoms with Gasteiger partial charge in [-0.3, -0.25) is 19.1 Å². The zero-order valence-corrected chi connectivity index (χ0v) is 28.9. The molecule has 10 nitrogen and oxygen atoms in total. The van der Waals surface area contributed by atoms with Gasteiger partial charge in [-0.1, -0.05) is 53.2 Å². The molecular weight excluding hydrogens is 669 g/mol. The van der Waals surface area contributed by atoms with E-state index in [-0.39, 0.29) is 11.9 Å². The molecule has 4 heterocycles. The topological polar surface area (TPSA) is 134 Å². The minimum absolute atomic E-state index is 0.241. The highest BCUT2D eigenvalue weighted by Gasteiger charge is 2.33. The first-order valence-corrected chi connectivity index (χ1v) is 18.3. The number of benzene rings is 2. The van der Waals surface area contributed by atoms with Crippen molar-refractivity contribution in [3.63, 3.8) is 0 Å². The van der Waals surface area contributed by atoms with Crippen LogP contribution < -0.4 is 21.7 Å². The normalized spacial score (nSPS) is 19.3. The maximum Gasteiger partial charge on any atom is 0.286 e. The van der Waals surface area contributed by atoms with Crippen molar-refractivity contribution in [1.29, 1.82) is 0 Å². The Hall–Kier alpha value is -3.37. The molecule has 252 valence electrons. The Morgan fingerprint density at radius 1 is 1.04 bits per heavy atom. The summed E-state index contributed by atoms with van der Waals surface area (Å²) in [6, 6.07) is 10.3. The van der Waals surface area contributed by atoms with Crippen LogP contribution >= 0.6 is 35.0 Å². The van der Waals surface area contributed by atoms with Gasteiger partial charge in [-0.2, -0.15) is 16.9 Å². The summed E-state index contributed by atoms with van der Waals surface area (Å²) in [5.41, 5.74) is 9.99. The van der Waals surface area contributed by atoms with Crippen molar-refractivity contribution < 1.29 is 14.4 Å². The summed E-state index contributed by atoms with van der Waals surface area (Å²) in [7, 11) is 0. The molecule has 1 unspecified atom stereocenters. The van der Waals surface area contributed by atoms with E-state index in [0.717, 1.165) is 73.8 Å². The van der Waals surface area contributed by atoms with Crippen LogP contribution in [0.15, 0.2) is 36.4 Å². The number of aromatic nitrogens is 2. The molecule has 2 atom stereocenters. The van der Waals surface area contributed by atoms with Crippen LogP contribution in [0, 0.1) is 11.8 Å². The fourth-order valence-corrected chi connectivity index (χ4v) is 8.00. The number of nitrogens with two attached hydrogens (primary N) is 1. The summed E-state index contributed by atoms with van der Waals surface area (Å²) >= 11 is 15.3. The third-order valence-corrected chi connectivity index (χ3v) is 10.7. The van der Waals surface area contributed by atoms with Gasteiger partial charge < -0.3 is 26.6 Å². The van der Waals surface area contributed by atoms with Gasteiger partial charge in [0.15, 0.2) is 0 Å². The number of aryl methyl sites for hydroxylation is 1. The van der Waals surface area contributed by atoms with E-state index in [0.29, 0.717) is 58.5 Å². The van der Waals surface area contributed by atoms with Gasteiger partial charge in [0.05, 0.1) is 32.9 Å². The van der Waals surface area contributed by atoms with Crippen LogP contribution in [0.25, 0.3) is 11.3 Å². The highest BCUT2D eigenvalue weighted by atomic mass is 35.5. The number of ketones is 1. The van der Waals surface area contributed by atoms with E-state index in [1.165, 1.54) is 0 Å². The molecule has 2 saturated heterocycles. The summed E-state index contributed by atoms with van der Waals surface area (Å²) in [4.78, 5) is 40.1. The molecular formula is C35H39Cl2N7O3S. The van der Waals surface area contributed by atoms with Crippen molar-refractivity contribution in [1.82, 2.24) is 30.6 Å². The first-order chi connectivity index (χ1) is 23.3. The van der Waals surface area contributed by atoms with Gasteiger partial charge in [0, 0.05) is 79.1 Å². The number of carbonyl (C=O) groups is 3. The molecule has 3 aliphatic heterocycles. The van der Waals surface area contributed by atoms with Gasteiger partial charge in [-0.05, 0) is 50.6 Å². The molecule has 5 N–H and O–H groups in total. The molecule has 2 aromatic carbocycles. The van der Waals surface area contributed by atoms with Gasteiger partial charge in [0.2, 0.25) is 5.78 Å². The second-order valence-electron chi connectivity index (χ2n) is 12.2. The van der Waals surface area contributed by atoms with Crippen molar-refractivity contribution in [2.45, 2.75) is 50.9 Å². The molecule has 2 amide bonds. The Balaban J connectivity index is 1.32. The fraction of sp³-hybridized carbons (Fsp3) is 0.429. The Kier molecular flexibility index (Phi) is 11.4. The monoisotopic (exact) mass is 707 g/mol. The van der Waals surface area contributed by atoms with Crippen molar-refractivity contribution in [3.8, 4) is 23.1 Å². The number of rotatable bonds is 10. The van der Waals surface area contributed by atoms with Crippen LogP contribution in [0.3, 0.4) is 0 Å². The SMILES string of the molecule is NC(=O)C(=O)C1Cc2c(c(-c3cccc(Cl)c3C#Cc3cccc(Cl)c3C(=O)NC[C@@H]3CCCN3)nn2CCCN2CCSCC2)CN1. The molecule has 6 rings (SSSR count). The number of hydrogen-bond acceptors (Lipinski definition) is 8. The number of hydrogen-bond donors (Lipinski definition) is 4. The van der Waals surface area contributed by atoms with E-state index in [9.17, 15) is 14.4 Å². The van der Waals surface area contributed by atoms with Gasteiger partial charge in [-0.25, -0.2) is 0 Å². The Morgan fingerprint density at radius 3 is 2.60 bits per heavy atom. The van der Waals surface area contributed by atoms with E-state index >= 15 is 0 Å². The average Bonchev–Trinajstić information content (AvgIpc) is 3.75. The average molecular weight is 709 g/mol. The smallest absolute Gasteiger partial charge is 0.286 e. The number of primary amides is 1. The molecule has 48 heavy (non-hydrogen) atoms. The van der Waals surface area contributed by atoms with Gasteiger partial charge in [0.1, 0.15) is 0 Å². The molecule has 2 fully saturated rings. The molecule has 3 aromatic rings. The highest BCUT2D eigenvalue weighted by molar-refractivity contribution is 7.99. The fourth-order valence-electron chi connectivity index (χ4n) is 6.54. The largest absolute Gasteiger partial charge is 0.363 e. The lowest BCUT2D eigenvalue weighted by molar-refractivity contribution is -0.137. The molecule has 0 spiro atoms. The first kappa shape index (κ1) is 34.5. The van der Waals surface area contributed by atoms with E-state index in [1.54, 1.807) is 24.3 Å². The Bertz CT molecular complexity index is 1760. The minimum atomic E-state index is -0.957. The number of nitrogens with one attached hydrogen (secondary N) is 3. The second kappa shape index (κ2) is 15.9. The van der Waals surface area contributed by atoms with Crippen LogP contribution in [-0.2, 0) is 29.1 Å². The van der Waals surface area contributed by atoms with Gasteiger partial charge in [0.25, 0.3) is 11.8 Å². The molecule has 13 heteroatoms. The standard InChI is InChI=1S/C35H39Cl2N7O3S/c36-27-8-2-7-25(24(27)11-10-22-5-1-9-28(37)31(22)35(47)41-20-23-6-3-12-39-23)32-26-21-40-29(33(45)34(38)46)19-30(26)44(42-32)14-4-13-43-15-17-48-18-16-43/h1-2,5,7-9,23,29,39-40H,3-4,6,12-21H2,(H2,38,46)(H,41,47)/t23-,29?/m0/s1. The summed E-state index contributed by atoms with van der Waals surface area (Å²) in [5, 5.41) is 15.4. The number of nitrogens with zero attached hydrogens (tertiary/aromatic N) is 3. The van der Waals surface area contributed by atoms with Gasteiger partial charge >= 0.3 is 0 Å². The zero-order chi connectivity index (χ0) is 33.6. The van der Waals surface area contributed by atoms with Crippen molar-refractivity contribution >= 4 is 52.6 Å². The third kappa shape index (κ3) is 7.91. The van der Waals surface area contributed by atoms with E-state index in [4.69, 9.17) is 34.0 Å². The molecule has 1 aromatic heterocycles. The van der Waals surface area contributed by atoms with E-state index in [1.807, 2.05) is 28.6 Å². The van der Waals surface area contributed by atoms with Crippen LogP contribution in [0.4, 0.5) is 0 Å². The molecule has 0 bridgehead atoms. The number of fused-ring (bicyclic) bond motifs is 1. The number of Topliss-reactive ketones (excluding diaryl/α,β-unsaturated/α-hetero) is 1. The lowest BCUT2D eigenvalue weighted by Gasteiger charge is -2.26. The predicted molar refractivity (Wildman–Crippen MR) is 190 cm³/mol. The lowest BCUT2D eigenvalue weighted by Crippen LogP contribution is -2.47. The summed E-state index contributed by atoms with van der Waals surface area (Å²) in [6.07, 6.45) is 3.28. The number of carbonyl (C=O) groups excluding carboxylic acids is 3. The predicted octanol–water partition coefficient (Wildman–Crippen LogP) is 3.25. The second-order valence-corrected chi connectivity index (χ2v) is 14.3. The molecule has 0 saturated carbocycles. The first-order valence-electron chi connectivity index (χ1n) is 16.4. The van der Waals surface area contributed by atoms with Crippen molar-refractivity contribution in [2.24, 2.45) is 5.73 Å². The summed E-state index contributed by atoms with van der Waals surface area (Å²) in [5.74, 6) is 6.81. The van der Waals surface area contributed by atoms with Crippen molar-refractivity contribution in [3.05, 3.63) is 74.4 Å². The van der Waals surface area contributed by atoms with E-state index in [2.05, 4.69) is 32.7 Å². The lowest BCUT2D eigenvalue weighted by atomic mass is 9.94. The number of amides is 2. The molecule has 0 aliphatic carbocycles. The summed E-state index contributed by atoms with van der Waals surface area (Å²) < 4.78 is 1.96. The quantitative estimate of drug-likeness (QED) is 0.187. The van der Waals surface area contributed by atoms with Crippen LogP contribution in [0.2, 0.25) is 10.0 Å². The zero-order valence-electron chi connectivity index (χ0n) is 26.6. The van der Waals surface area contributed by atoms with E-state index < -0.39 is 17.7 Å². The van der Waals surface area contributed by atoms with Crippen LogP contribution in [0.1, 0.15) is 52.0 Å². The van der Waals surface area contributed by atoms with Crippen LogP contribution in [-0.4, -0.2) is 88.6 Å². The third-order valence-electron chi connectivity index (χ3n) is 9.10. The minimum Gasteiger partial charge on any atom is -0.363 e. The molecule has 3 aliphatic rings. The highest BCUT2D eigenvalue weighted by Crippen LogP contribution is 2.34. The maximum atomic E-state index is 13.3. The van der Waals surface area contributed by atoms with Crippen molar-refractivity contribution in [2.75, 3.05) is 44.2 Å². The Labute approximate surface area is 294 Å². The summed E-state index contributed by atoms with van der Waals surface area (Å²) in [6.45, 7) is 5.54. The van der Waals surface area contributed by atoms with Gasteiger partial charge in [-0.15, -0.1) is 0 Å². The Morgan fingerprint density at radius 2 is 1.83 bits per heavy atom. The van der Waals surface area contributed by atoms with Crippen LogP contribution in [0.5, 0.6) is 0 Å². The molecule has 0 radical (unpaired) electrons. The number of halogens is 2.